The van der Waals surface area contributed by atoms with Gasteiger partial charge < -0.3 is 4.74 Å². The lowest BCUT2D eigenvalue weighted by atomic mass is 10.1. The Morgan fingerprint density at radius 1 is 1.17 bits per heavy atom. The van der Waals surface area contributed by atoms with Crippen molar-refractivity contribution >= 4 is 17.8 Å². The van der Waals surface area contributed by atoms with Crippen LogP contribution in [0.25, 0.3) is 0 Å². The molecule has 0 atom stereocenters. The highest BCUT2D eigenvalue weighted by atomic mass is 16.5. The lowest BCUT2D eigenvalue weighted by molar-refractivity contribution is -0.143. The van der Waals surface area contributed by atoms with Crippen LogP contribution in [-0.2, 0) is 9.53 Å². The molecule has 0 aromatic heterocycles. The molecular formula is C13H13NO4. The van der Waals surface area contributed by atoms with Crippen LogP contribution in [0.15, 0.2) is 24.3 Å². The third-order valence-corrected chi connectivity index (χ3v) is 2.74. The van der Waals surface area contributed by atoms with E-state index in [0.717, 1.165) is 4.90 Å². The molecular weight excluding hydrogens is 234 g/mol. The van der Waals surface area contributed by atoms with Crippen molar-refractivity contribution in [1.29, 1.82) is 0 Å². The molecule has 0 fully saturated rings. The van der Waals surface area contributed by atoms with Crippen molar-refractivity contribution in [1.82, 2.24) is 4.90 Å². The first-order valence-corrected chi connectivity index (χ1v) is 5.76. The molecule has 5 nitrogen and oxygen atoms in total. The Morgan fingerprint density at radius 2 is 1.72 bits per heavy atom. The monoisotopic (exact) mass is 247 g/mol. The van der Waals surface area contributed by atoms with Gasteiger partial charge in [-0.15, -0.1) is 0 Å². The van der Waals surface area contributed by atoms with Crippen LogP contribution in [0.4, 0.5) is 0 Å². The van der Waals surface area contributed by atoms with Crippen molar-refractivity contribution < 1.29 is 19.1 Å². The maximum Gasteiger partial charge on any atom is 0.305 e. The number of esters is 1. The summed E-state index contributed by atoms with van der Waals surface area (Å²) in [7, 11) is 0. The molecule has 0 spiro atoms. The Kier molecular flexibility index (Phi) is 3.41. The zero-order chi connectivity index (χ0) is 13.1. The van der Waals surface area contributed by atoms with Gasteiger partial charge in [-0.2, -0.15) is 0 Å². The van der Waals surface area contributed by atoms with Gasteiger partial charge in [-0.05, 0) is 12.1 Å². The Morgan fingerprint density at radius 3 is 2.22 bits per heavy atom. The van der Waals surface area contributed by atoms with E-state index in [9.17, 15) is 14.4 Å². The fourth-order valence-electron chi connectivity index (χ4n) is 1.80. The van der Waals surface area contributed by atoms with Gasteiger partial charge >= 0.3 is 5.97 Å². The molecule has 1 aliphatic heterocycles. The van der Waals surface area contributed by atoms with Crippen LogP contribution in [0.2, 0.25) is 0 Å². The summed E-state index contributed by atoms with van der Waals surface area (Å²) in [6, 6.07) is 6.66. The third kappa shape index (κ3) is 2.11. The molecule has 18 heavy (non-hydrogen) atoms. The molecule has 0 unspecified atom stereocenters. The number of benzene rings is 1. The molecule has 0 bridgehead atoms. The van der Waals surface area contributed by atoms with Crippen molar-refractivity contribution in [3.8, 4) is 0 Å². The minimum atomic E-state index is -0.341. The van der Waals surface area contributed by atoms with Crippen LogP contribution in [0.3, 0.4) is 0 Å². The second kappa shape index (κ2) is 5.00. The number of nitrogens with zero attached hydrogens (tertiary/aromatic N) is 1. The number of carbonyl (C=O) groups is 3. The average molecular weight is 247 g/mol. The molecule has 2 amide bonds. The second-order valence-corrected chi connectivity index (χ2v) is 3.88. The first kappa shape index (κ1) is 12.3. The van der Waals surface area contributed by atoms with Crippen molar-refractivity contribution in [3.63, 3.8) is 0 Å². The predicted molar refractivity (Wildman–Crippen MR) is 63.1 cm³/mol. The van der Waals surface area contributed by atoms with Crippen LogP contribution >= 0.6 is 0 Å². The molecule has 0 aliphatic carbocycles. The van der Waals surface area contributed by atoms with Crippen LogP contribution in [0.5, 0.6) is 0 Å². The molecule has 0 saturated carbocycles. The van der Waals surface area contributed by atoms with Gasteiger partial charge in [0.25, 0.3) is 11.8 Å². The minimum absolute atomic E-state index is 0.0398. The van der Waals surface area contributed by atoms with E-state index < -0.39 is 0 Å². The Balaban J connectivity index is 2.03. The van der Waals surface area contributed by atoms with E-state index >= 15 is 0 Å². The lowest BCUT2D eigenvalue weighted by Gasteiger charge is -2.13. The normalized spacial score (nSPS) is 13.7. The van der Waals surface area contributed by atoms with Crippen molar-refractivity contribution in [2.75, 3.05) is 13.2 Å². The first-order chi connectivity index (χ1) is 8.65. The Labute approximate surface area is 104 Å². The zero-order valence-electron chi connectivity index (χ0n) is 10.0. The molecule has 1 aromatic carbocycles. The molecule has 1 aromatic rings. The summed E-state index contributed by atoms with van der Waals surface area (Å²) in [5.41, 5.74) is 0.814. The summed E-state index contributed by atoms with van der Waals surface area (Å²) in [5, 5.41) is 0. The average Bonchev–Trinajstić information content (AvgIpc) is 2.64. The minimum Gasteiger partial charge on any atom is -0.464 e. The number of ether oxygens (including phenoxy) is 1. The number of hydrogen-bond acceptors (Lipinski definition) is 4. The maximum atomic E-state index is 11.9. The van der Waals surface area contributed by atoms with Crippen LogP contribution in [0, 0.1) is 0 Å². The summed E-state index contributed by atoms with van der Waals surface area (Å²) in [5.74, 6) is -1.00. The molecule has 94 valence electrons. The van der Waals surface area contributed by atoms with E-state index in [1.54, 1.807) is 31.2 Å². The van der Waals surface area contributed by atoms with Gasteiger partial charge in [0.15, 0.2) is 0 Å². The first-order valence-electron chi connectivity index (χ1n) is 5.76. The molecule has 1 heterocycles. The number of carbonyl (C=O) groups excluding carboxylic acids is 3. The summed E-state index contributed by atoms with van der Waals surface area (Å²) in [6.45, 7) is 1.82. The smallest absolute Gasteiger partial charge is 0.305 e. The van der Waals surface area contributed by atoms with Gasteiger partial charge in [-0.1, -0.05) is 19.1 Å². The number of fused-ring (bicyclic) bond motifs is 1. The largest absolute Gasteiger partial charge is 0.464 e. The molecule has 0 saturated heterocycles. The Bertz CT molecular complexity index is 474. The van der Waals surface area contributed by atoms with Gasteiger partial charge in [0.2, 0.25) is 0 Å². The van der Waals surface area contributed by atoms with Crippen LogP contribution in [0.1, 0.15) is 34.1 Å². The van der Waals surface area contributed by atoms with Gasteiger partial charge in [0.1, 0.15) is 6.61 Å². The Hall–Kier alpha value is -2.17. The van der Waals surface area contributed by atoms with E-state index in [0.29, 0.717) is 11.1 Å². The van der Waals surface area contributed by atoms with E-state index in [4.69, 9.17) is 4.74 Å². The van der Waals surface area contributed by atoms with E-state index in [2.05, 4.69) is 0 Å². The summed E-state index contributed by atoms with van der Waals surface area (Å²) in [6.07, 6.45) is 0.280. The molecule has 1 aliphatic rings. The highest BCUT2D eigenvalue weighted by Crippen LogP contribution is 2.21. The lowest BCUT2D eigenvalue weighted by Crippen LogP contribution is -2.33. The maximum absolute atomic E-state index is 11.9. The van der Waals surface area contributed by atoms with E-state index in [1.807, 2.05) is 0 Å². The zero-order valence-corrected chi connectivity index (χ0v) is 10.0. The van der Waals surface area contributed by atoms with Gasteiger partial charge in [-0.3, -0.25) is 19.3 Å². The number of rotatable bonds is 4. The third-order valence-electron chi connectivity index (χ3n) is 2.74. The van der Waals surface area contributed by atoms with Crippen molar-refractivity contribution in [3.05, 3.63) is 35.4 Å². The quantitative estimate of drug-likeness (QED) is 0.593. The molecule has 0 radical (unpaired) electrons. The standard InChI is InChI=1S/C13H13NO4/c1-2-11(15)18-8-7-14-12(16)9-5-3-4-6-10(9)13(14)17/h3-6H,2,7-8H2,1H3. The van der Waals surface area contributed by atoms with E-state index in [-0.39, 0.29) is 37.4 Å². The van der Waals surface area contributed by atoms with E-state index in [1.165, 1.54) is 0 Å². The van der Waals surface area contributed by atoms with Crippen LogP contribution in [-0.4, -0.2) is 35.8 Å². The number of amides is 2. The topological polar surface area (TPSA) is 63.7 Å². The SMILES string of the molecule is CCC(=O)OCCN1C(=O)c2ccccc2C1=O. The fraction of sp³-hybridized carbons (Fsp3) is 0.308. The number of imide groups is 1. The summed E-state index contributed by atoms with van der Waals surface area (Å²) in [4.78, 5) is 35.9. The number of hydrogen-bond donors (Lipinski definition) is 0. The fourth-order valence-corrected chi connectivity index (χ4v) is 1.80. The van der Waals surface area contributed by atoms with Crippen molar-refractivity contribution in [2.24, 2.45) is 0 Å². The highest BCUT2D eigenvalue weighted by molar-refractivity contribution is 6.21. The highest BCUT2D eigenvalue weighted by Gasteiger charge is 2.34. The van der Waals surface area contributed by atoms with Crippen LogP contribution < -0.4 is 0 Å². The van der Waals surface area contributed by atoms with Gasteiger partial charge in [-0.25, -0.2) is 0 Å². The summed E-state index contributed by atoms with van der Waals surface area (Å²) >= 11 is 0. The van der Waals surface area contributed by atoms with Crippen molar-refractivity contribution in [2.45, 2.75) is 13.3 Å². The molecule has 2 rings (SSSR count). The van der Waals surface area contributed by atoms with Gasteiger partial charge in [0.05, 0.1) is 17.7 Å². The summed E-state index contributed by atoms with van der Waals surface area (Å²) < 4.78 is 4.86. The second-order valence-electron chi connectivity index (χ2n) is 3.88. The predicted octanol–water partition coefficient (Wildman–Crippen LogP) is 1.24. The van der Waals surface area contributed by atoms with Gasteiger partial charge in [0, 0.05) is 6.42 Å². The molecule has 5 heteroatoms. The molecule has 0 N–H and O–H groups in total.